The van der Waals surface area contributed by atoms with E-state index < -0.39 is 18.5 Å². The number of thiophene rings is 1. The first-order valence-corrected chi connectivity index (χ1v) is 6.77. The average molecular weight is 303 g/mol. The molecular weight excluding hydrogens is 294 g/mol. The Kier molecular flexibility index (Phi) is 3.19. The molecule has 0 saturated carbocycles. The van der Waals surface area contributed by atoms with Crippen molar-refractivity contribution in [3.8, 4) is 5.75 Å². The highest BCUT2D eigenvalue weighted by atomic mass is 32.1. The van der Waals surface area contributed by atoms with Crippen LogP contribution in [0, 0.1) is 0 Å². The summed E-state index contributed by atoms with van der Waals surface area (Å²) < 4.78 is 5.84. The molecule has 0 atom stereocenters. The van der Waals surface area contributed by atoms with Crippen molar-refractivity contribution in [2.75, 3.05) is 6.61 Å². The molecule has 0 saturated heterocycles. The lowest BCUT2D eigenvalue weighted by Gasteiger charge is -2.03. The number of aromatic carboxylic acids is 1. The monoisotopic (exact) mass is 303 g/mol. The fraction of sp³-hybridized carbons (Fsp3) is 0.0714. The summed E-state index contributed by atoms with van der Waals surface area (Å²) in [5.74, 6) is -2.23. The summed E-state index contributed by atoms with van der Waals surface area (Å²) in [6.07, 6.45) is 1.62. The predicted octanol–water partition coefficient (Wildman–Crippen LogP) is 2.61. The van der Waals surface area contributed by atoms with Gasteiger partial charge in [-0.3, -0.25) is 4.98 Å². The van der Waals surface area contributed by atoms with Crippen LogP contribution in [0.5, 0.6) is 5.75 Å². The van der Waals surface area contributed by atoms with Crippen LogP contribution in [0.15, 0.2) is 30.5 Å². The number of aliphatic carboxylic acids is 1. The Balaban J connectivity index is 2.28. The van der Waals surface area contributed by atoms with Crippen LogP contribution < -0.4 is 4.74 Å². The van der Waals surface area contributed by atoms with Gasteiger partial charge < -0.3 is 14.9 Å². The number of rotatable bonds is 4. The van der Waals surface area contributed by atoms with Crippen LogP contribution in [0.3, 0.4) is 0 Å². The van der Waals surface area contributed by atoms with Crippen LogP contribution in [-0.2, 0) is 4.79 Å². The molecule has 0 amide bonds. The lowest BCUT2D eigenvalue weighted by Crippen LogP contribution is -2.10. The molecule has 0 unspecified atom stereocenters. The molecule has 0 bridgehead atoms. The molecule has 106 valence electrons. The van der Waals surface area contributed by atoms with E-state index in [1.807, 2.05) is 6.07 Å². The maximum absolute atomic E-state index is 11.3. The standard InChI is InChI=1S/C14H9NO5S/c16-9(17)6-20-11-8-4-3-7-2-1-5-15-10(7)12(8)21-13(11)14(18)19/h1-5H,6H2,(H,16,17)(H,18,19). The van der Waals surface area contributed by atoms with Crippen molar-refractivity contribution < 1.29 is 24.5 Å². The molecule has 0 fully saturated rings. The van der Waals surface area contributed by atoms with Gasteiger partial charge in [0.25, 0.3) is 0 Å². The number of hydrogen-bond acceptors (Lipinski definition) is 5. The third-order valence-electron chi connectivity index (χ3n) is 2.92. The van der Waals surface area contributed by atoms with Crippen molar-refractivity contribution in [3.63, 3.8) is 0 Å². The van der Waals surface area contributed by atoms with Gasteiger partial charge in [0.15, 0.2) is 17.2 Å². The third-order valence-corrected chi connectivity index (χ3v) is 4.10. The number of ether oxygens (including phenoxy) is 1. The smallest absolute Gasteiger partial charge is 0.349 e. The zero-order valence-corrected chi connectivity index (χ0v) is 11.4. The summed E-state index contributed by atoms with van der Waals surface area (Å²) >= 11 is 1.03. The Morgan fingerprint density at radius 1 is 1.24 bits per heavy atom. The second-order valence-corrected chi connectivity index (χ2v) is 5.29. The zero-order chi connectivity index (χ0) is 15.0. The molecule has 0 aliphatic rings. The molecule has 7 heteroatoms. The Morgan fingerprint density at radius 2 is 2.05 bits per heavy atom. The van der Waals surface area contributed by atoms with Gasteiger partial charge in [-0.25, -0.2) is 9.59 Å². The molecule has 3 aromatic rings. The fourth-order valence-electron chi connectivity index (χ4n) is 2.09. The Bertz CT molecular complexity index is 870. The first-order chi connectivity index (χ1) is 10.1. The van der Waals surface area contributed by atoms with Gasteiger partial charge in [0.2, 0.25) is 0 Å². The van der Waals surface area contributed by atoms with Gasteiger partial charge >= 0.3 is 11.9 Å². The normalized spacial score (nSPS) is 10.9. The lowest BCUT2D eigenvalue weighted by molar-refractivity contribution is -0.139. The molecule has 2 aromatic heterocycles. The quantitative estimate of drug-likeness (QED) is 0.769. The molecule has 2 N–H and O–H groups in total. The molecule has 2 heterocycles. The first-order valence-electron chi connectivity index (χ1n) is 5.96. The number of fused-ring (bicyclic) bond motifs is 3. The topological polar surface area (TPSA) is 96.7 Å². The summed E-state index contributed by atoms with van der Waals surface area (Å²) in [7, 11) is 0. The fourth-order valence-corrected chi connectivity index (χ4v) is 3.18. The number of carboxylic acids is 2. The van der Waals surface area contributed by atoms with E-state index in [2.05, 4.69) is 4.98 Å². The van der Waals surface area contributed by atoms with Gasteiger partial charge in [-0.2, -0.15) is 0 Å². The van der Waals surface area contributed by atoms with Crippen LogP contribution in [0.1, 0.15) is 9.67 Å². The third kappa shape index (κ3) is 2.27. The van der Waals surface area contributed by atoms with Crippen LogP contribution >= 0.6 is 11.3 Å². The number of carbonyl (C=O) groups is 2. The van der Waals surface area contributed by atoms with E-state index >= 15 is 0 Å². The van der Waals surface area contributed by atoms with E-state index in [1.165, 1.54) is 0 Å². The molecule has 0 radical (unpaired) electrons. The summed E-state index contributed by atoms with van der Waals surface area (Å²) in [4.78, 5) is 26.2. The number of nitrogens with zero attached hydrogens (tertiary/aromatic N) is 1. The molecule has 1 aromatic carbocycles. The SMILES string of the molecule is O=C(O)COc1c(C(=O)O)sc2c1ccc1cccnc12. The largest absolute Gasteiger partial charge is 0.479 e. The zero-order valence-electron chi connectivity index (χ0n) is 10.6. The van der Waals surface area contributed by atoms with Crippen molar-refractivity contribution in [1.29, 1.82) is 0 Å². The van der Waals surface area contributed by atoms with E-state index in [0.29, 0.717) is 15.6 Å². The van der Waals surface area contributed by atoms with E-state index in [1.54, 1.807) is 24.4 Å². The Morgan fingerprint density at radius 3 is 2.76 bits per heavy atom. The van der Waals surface area contributed by atoms with E-state index in [4.69, 9.17) is 9.84 Å². The van der Waals surface area contributed by atoms with Gasteiger partial charge in [-0.15, -0.1) is 11.3 Å². The molecule has 21 heavy (non-hydrogen) atoms. The maximum Gasteiger partial charge on any atom is 0.349 e. The van der Waals surface area contributed by atoms with Gasteiger partial charge in [0, 0.05) is 17.0 Å². The number of benzene rings is 1. The summed E-state index contributed by atoms with van der Waals surface area (Å²) in [5, 5.41) is 19.4. The van der Waals surface area contributed by atoms with Crippen molar-refractivity contribution in [3.05, 3.63) is 35.3 Å². The number of hydrogen-bond donors (Lipinski definition) is 2. The lowest BCUT2D eigenvalue weighted by atomic mass is 10.1. The van der Waals surface area contributed by atoms with Crippen LogP contribution in [-0.4, -0.2) is 33.7 Å². The van der Waals surface area contributed by atoms with Crippen molar-refractivity contribution in [2.45, 2.75) is 0 Å². The maximum atomic E-state index is 11.3. The summed E-state index contributed by atoms with van der Waals surface area (Å²) in [5.41, 5.74) is 0.674. The van der Waals surface area contributed by atoms with Gasteiger partial charge in [0.05, 0.1) is 10.2 Å². The van der Waals surface area contributed by atoms with Crippen LogP contribution in [0.4, 0.5) is 0 Å². The number of aromatic nitrogens is 1. The van der Waals surface area contributed by atoms with Gasteiger partial charge in [-0.05, 0) is 12.1 Å². The predicted molar refractivity (Wildman–Crippen MR) is 77.2 cm³/mol. The van der Waals surface area contributed by atoms with Crippen LogP contribution in [0.25, 0.3) is 21.0 Å². The van der Waals surface area contributed by atoms with E-state index in [9.17, 15) is 14.7 Å². The minimum Gasteiger partial charge on any atom is -0.479 e. The molecular formula is C14H9NO5S. The highest BCUT2D eigenvalue weighted by Gasteiger charge is 2.21. The van der Waals surface area contributed by atoms with E-state index in [-0.39, 0.29) is 10.6 Å². The molecule has 0 aliphatic carbocycles. The number of carboxylic acid groups (broad SMARTS) is 2. The number of pyridine rings is 1. The highest BCUT2D eigenvalue weighted by molar-refractivity contribution is 7.22. The average Bonchev–Trinajstić information content (AvgIpc) is 2.84. The highest BCUT2D eigenvalue weighted by Crippen LogP contribution is 2.40. The summed E-state index contributed by atoms with van der Waals surface area (Å²) in [6.45, 7) is -0.591. The van der Waals surface area contributed by atoms with Crippen molar-refractivity contribution in [2.24, 2.45) is 0 Å². The van der Waals surface area contributed by atoms with Gasteiger partial charge in [0.1, 0.15) is 0 Å². The van der Waals surface area contributed by atoms with Gasteiger partial charge in [-0.1, -0.05) is 12.1 Å². The summed E-state index contributed by atoms with van der Waals surface area (Å²) in [6, 6.07) is 7.19. The molecule has 6 nitrogen and oxygen atoms in total. The second kappa shape index (κ2) is 5.02. The molecule has 0 spiro atoms. The second-order valence-electron chi connectivity index (χ2n) is 4.27. The van der Waals surface area contributed by atoms with Crippen molar-refractivity contribution >= 4 is 44.3 Å². The molecule has 0 aliphatic heterocycles. The molecule has 3 rings (SSSR count). The Hall–Kier alpha value is -2.67. The minimum atomic E-state index is -1.16. The minimum absolute atomic E-state index is 0.0237. The first kappa shape index (κ1) is 13.3. The Labute approximate surface area is 122 Å². The van der Waals surface area contributed by atoms with Crippen LogP contribution in [0.2, 0.25) is 0 Å². The van der Waals surface area contributed by atoms with E-state index in [0.717, 1.165) is 16.7 Å². The van der Waals surface area contributed by atoms with Crippen molar-refractivity contribution in [1.82, 2.24) is 4.98 Å².